The number of aromatic nitrogens is 2. The van der Waals surface area contributed by atoms with Gasteiger partial charge in [0.25, 0.3) is 0 Å². The molecule has 0 spiro atoms. The Morgan fingerprint density at radius 2 is 2.00 bits per heavy atom. The van der Waals surface area contributed by atoms with Gasteiger partial charge in [0, 0.05) is 12.1 Å². The molecular formula is C17H23N3OS. The Morgan fingerprint density at radius 1 is 1.18 bits per heavy atom. The zero-order valence-electron chi connectivity index (χ0n) is 13.0. The van der Waals surface area contributed by atoms with Crippen LogP contribution in [0.2, 0.25) is 0 Å². The molecule has 0 radical (unpaired) electrons. The van der Waals surface area contributed by atoms with Crippen LogP contribution < -0.4 is 5.32 Å². The Balaban J connectivity index is 1.43. The predicted octanol–water partition coefficient (Wildman–Crippen LogP) is 4.21. The fourth-order valence-electron chi connectivity index (χ4n) is 2.89. The van der Waals surface area contributed by atoms with E-state index in [2.05, 4.69) is 34.6 Å². The third kappa shape index (κ3) is 4.05. The molecule has 0 amide bonds. The first-order chi connectivity index (χ1) is 10.8. The Bertz CT molecular complexity index is 572. The molecule has 4 nitrogen and oxygen atoms in total. The average Bonchev–Trinajstić information content (AvgIpc) is 3.03. The number of hydrogen-bond donors (Lipinski definition) is 1. The molecule has 1 saturated carbocycles. The lowest BCUT2D eigenvalue weighted by molar-refractivity contribution is 0.000390. The van der Waals surface area contributed by atoms with Gasteiger partial charge in [-0.2, -0.15) is 0 Å². The van der Waals surface area contributed by atoms with Gasteiger partial charge in [-0.1, -0.05) is 61.4 Å². The zero-order valence-corrected chi connectivity index (χ0v) is 13.8. The molecule has 1 aliphatic rings. The van der Waals surface area contributed by atoms with Crippen LogP contribution >= 0.6 is 11.3 Å². The first-order valence-electron chi connectivity index (χ1n) is 8.07. The van der Waals surface area contributed by atoms with E-state index in [1.54, 1.807) is 11.3 Å². The summed E-state index contributed by atoms with van der Waals surface area (Å²) in [5, 5.41) is 13.5. The Hall–Kier alpha value is -1.46. The molecule has 5 heteroatoms. The highest BCUT2D eigenvalue weighted by Crippen LogP contribution is 2.27. The van der Waals surface area contributed by atoms with Crippen LogP contribution in [0.4, 0.5) is 5.13 Å². The quantitative estimate of drug-likeness (QED) is 0.811. The molecular weight excluding hydrogens is 294 g/mol. The van der Waals surface area contributed by atoms with Crippen molar-refractivity contribution in [3.05, 3.63) is 30.3 Å². The molecule has 2 aromatic rings. The molecule has 22 heavy (non-hydrogen) atoms. The first kappa shape index (κ1) is 15.4. The lowest BCUT2D eigenvalue weighted by atomic mass is 9.88. The summed E-state index contributed by atoms with van der Waals surface area (Å²) in [6.07, 6.45) is 5.60. The van der Waals surface area contributed by atoms with E-state index in [4.69, 9.17) is 4.74 Å². The molecule has 1 aromatic carbocycles. The van der Waals surface area contributed by atoms with Crippen molar-refractivity contribution in [1.29, 1.82) is 0 Å². The normalized spacial score (nSPS) is 21.7. The Morgan fingerprint density at radius 3 is 2.82 bits per heavy atom. The first-order valence-corrected chi connectivity index (χ1v) is 8.89. The van der Waals surface area contributed by atoms with Crippen molar-refractivity contribution >= 4 is 16.5 Å². The number of anilines is 1. The van der Waals surface area contributed by atoms with E-state index in [-0.39, 0.29) is 0 Å². The number of nitrogens with zero attached hydrogens (tertiary/aromatic N) is 2. The van der Waals surface area contributed by atoms with Crippen LogP contribution in [0.3, 0.4) is 0 Å². The van der Waals surface area contributed by atoms with Gasteiger partial charge in [0.05, 0.1) is 12.7 Å². The molecule has 1 aromatic heterocycles. The van der Waals surface area contributed by atoms with Crippen LogP contribution in [0.15, 0.2) is 30.3 Å². The number of hydrogen-bond acceptors (Lipinski definition) is 5. The van der Waals surface area contributed by atoms with Crippen LogP contribution in [0.1, 0.15) is 32.6 Å². The monoisotopic (exact) mass is 317 g/mol. The van der Waals surface area contributed by atoms with Crippen molar-refractivity contribution in [1.82, 2.24) is 10.2 Å². The van der Waals surface area contributed by atoms with Crippen molar-refractivity contribution in [3.63, 3.8) is 0 Å². The SMILES string of the molecule is CC1CCCCC1OCCNc1nnc(-c2ccccc2)s1. The van der Waals surface area contributed by atoms with E-state index in [0.29, 0.717) is 12.0 Å². The van der Waals surface area contributed by atoms with Crippen molar-refractivity contribution in [2.24, 2.45) is 5.92 Å². The highest BCUT2D eigenvalue weighted by molar-refractivity contribution is 7.18. The third-order valence-corrected chi connectivity index (χ3v) is 5.12. The standard InChI is InChI=1S/C17H23N3OS/c1-13-7-5-6-10-15(13)21-12-11-18-17-20-19-16(22-17)14-8-3-2-4-9-14/h2-4,8-9,13,15H,5-7,10-12H2,1H3,(H,18,20). The minimum atomic E-state index is 0.435. The minimum Gasteiger partial charge on any atom is -0.376 e. The summed E-state index contributed by atoms with van der Waals surface area (Å²) in [6, 6.07) is 10.1. The maximum Gasteiger partial charge on any atom is 0.206 e. The molecule has 1 fully saturated rings. The highest BCUT2D eigenvalue weighted by Gasteiger charge is 2.21. The Labute approximate surface area is 135 Å². The van der Waals surface area contributed by atoms with Gasteiger partial charge < -0.3 is 10.1 Å². The average molecular weight is 317 g/mol. The number of nitrogens with one attached hydrogen (secondary N) is 1. The summed E-state index contributed by atoms with van der Waals surface area (Å²) in [7, 11) is 0. The molecule has 2 atom stereocenters. The third-order valence-electron chi connectivity index (χ3n) is 4.19. The van der Waals surface area contributed by atoms with Crippen LogP contribution in [0.25, 0.3) is 10.6 Å². The van der Waals surface area contributed by atoms with E-state index in [0.717, 1.165) is 28.9 Å². The second kappa shape index (κ2) is 7.70. The molecule has 1 heterocycles. The topological polar surface area (TPSA) is 47.0 Å². The van der Waals surface area contributed by atoms with Gasteiger partial charge in [-0.25, -0.2) is 0 Å². The fraction of sp³-hybridized carbons (Fsp3) is 0.529. The molecule has 1 N–H and O–H groups in total. The number of rotatable bonds is 6. The van der Waals surface area contributed by atoms with Crippen molar-refractivity contribution in [3.8, 4) is 10.6 Å². The van der Waals surface area contributed by atoms with E-state index >= 15 is 0 Å². The summed E-state index contributed by atoms with van der Waals surface area (Å²) >= 11 is 1.58. The van der Waals surface area contributed by atoms with E-state index in [1.807, 2.05) is 18.2 Å². The number of benzene rings is 1. The largest absolute Gasteiger partial charge is 0.376 e. The molecule has 118 valence electrons. The molecule has 2 unspecified atom stereocenters. The molecule has 0 saturated heterocycles. The fourth-order valence-corrected chi connectivity index (χ4v) is 3.66. The lowest BCUT2D eigenvalue weighted by Gasteiger charge is -2.28. The highest BCUT2D eigenvalue weighted by atomic mass is 32.1. The van der Waals surface area contributed by atoms with E-state index in [9.17, 15) is 0 Å². The predicted molar refractivity (Wildman–Crippen MR) is 91.2 cm³/mol. The van der Waals surface area contributed by atoms with Gasteiger partial charge in [-0.3, -0.25) is 0 Å². The second-order valence-corrected chi connectivity index (χ2v) is 6.85. The van der Waals surface area contributed by atoms with Gasteiger partial charge in [0.2, 0.25) is 5.13 Å². The summed E-state index contributed by atoms with van der Waals surface area (Å²) in [5.41, 5.74) is 1.11. The Kier molecular flexibility index (Phi) is 5.40. The molecule has 0 bridgehead atoms. The van der Waals surface area contributed by atoms with Gasteiger partial charge in [0.15, 0.2) is 0 Å². The molecule has 1 aliphatic carbocycles. The smallest absolute Gasteiger partial charge is 0.206 e. The van der Waals surface area contributed by atoms with Crippen LogP contribution in [0.5, 0.6) is 0 Å². The minimum absolute atomic E-state index is 0.435. The van der Waals surface area contributed by atoms with E-state index in [1.165, 1.54) is 25.7 Å². The zero-order chi connectivity index (χ0) is 15.2. The van der Waals surface area contributed by atoms with Crippen molar-refractivity contribution in [2.75, 3.05) is 18.5 Å². The van der Waals surface area contributed by atoms with Gasteiger partial charge in [-0.05, 0) is 18.8 Å². The maximum atomic E-state index is 6.00. The van der Waals surface area contributed by atoms with Crippen LogP contribution in [-0.4, -0.2) is 29.5 Å². The molecule has 3 rings (SSSR count). The van der Waals surface area contributed by atoms with Gasteiger partial charge in [0.1, 0.15) is 5.01 Å². The second-order valence-electron chi connectivity index (χ2n) is 5.88. The number of ether oxygens (including phenoxy) is 1. The van der Waals surface area contributed by atoms with Crippen molar-refractivity contribution in [2.45, 2.75) is 38.7 Å². The van der Waals surface area contributed by atoms with Crippen LogP contribution in [0, 0.1) is 5.92 Å². The molecule has 0 aliphatic heterocycles. The van der Waals surface area contributed by atoms with Gasteiger partial charge >= 0.3 is 0 Å². The summed E-state index contributed by atoms with van der Waals surface area (Å²) in [6.45, 7) is 3.82. The van der Waals surface area contributed by atoms with Crippen LogP contribution in [-0.2, 0) is 4.74 Å². The van der Waals surface area contributed by atoms with E-state index < -0.39 is 0 Å². The summed E-state index contributed by atoms with van der Waals surface area (Å²) in [4.78, 5) is 0. The van der Waals surface area contributed by atoms with Crippen molar-refractivity contribution < 1.29 is 4.74 Å². The summed E-state index contributed by atoms with van der Waals surface area (Å²) < 4.78 is 6.00. The van der Waals surface area contributed by atoms with Gasteiger partial charge in [-0.15, -0.1) is 10.2 Å². The maximum absolute atomic E-state index is 6.00. The lowest BCUT2D eigenvalue weighted by Crippen LogP contribution is -2.27. The summed E-state index contributed by atoms with van der Waals surface area (Å²) in [5.74, 6) is 0.694.